The number of carbonyl (C=O) groups excluding carboxylic acids is 1. The molecule has 1 aromatic carbocycles. The van der Waals surface area contributed by atoms with E-state index >= 15 is 0 Å². The Morgan fingerprint density at radius 1 is 1.55 bits per heavy atom. The lowest BCUT2D eigenvalue weighted by molar-refractivity contribution is -0.117. The summed E-state index contributed by atoms with van der Waals surface area (Å²) in [6.45, 7) is 6.40. The average molecular weight is 386 g/mol. The fourth-order valence-electron chi connectivity index (χ4n) is 2.79. The molecule has 20 heavy (non-hydrogen) atoms. The van der Waals surface area contributed by atoms with Crippen LogP contribution >= 0.6 is 22.6 Å². The van der Waals surface area contributed by atoms with Crippen molar-refractivity contribution in [1.82, 2.24) is 5.32 Å². The molecule has 2 atom stereocenters. The first-order chi connectivity index (χ1) is 9.56. The summed E-state index contributed by atoms with van der Waals surface area (Å²) in [6.07, 6.45) is 3.08. The first-order valence-electron chi connectivity index (χ1n) is 7.33. The van der Waals surface area contributed by atoms with Gasteiger partial charge in [0, 0.05) is 15.7 Å². The van der Waals surface area contributed by atoms with Crippen molar-refractivity contribution < 1.29 is 4.79 Å². The second kappa shape index (κ2) is 7.41. The maximum Gasteiger partial charge on any atom is 0.224 e. The van der Waals surface area contributed by atoms with Crippen molar-refractivity contribution in [2.24, 2.45) is 11.8 Å². The van der Waals surface area contributed by atoms with E-state index in [4.69, 9.17) is 0 Å². The van der Waals surface area contributed by atoms with E-state index in [1.807, 2.05) is 19.1 Å². The Kier molecular flexibility index (Phi) is 5.84. The SMILES string of the molecule is Cc1cc(I)ccc1NC(=O)CC(C)C1CCCNC1. The third kappa shape index (κ3) is 4.45. The number of aryl methyl sites for hydroxylation is 1. The molecule has 0 radical (unpaired) electrons. The summed E-state index contributed by atoms with van der Waals surface area (Å²) >= 11 is 2.29. The number of anilines is 1. The van der Waals surface area contributed by atoms with Gasteiger partial charge in [-0.1, -0.05) is 6.92 Å². The number of hydrogen-bond donors (Lipinski definition) is 2. The van der Waals surface area contributed by atoms with Gasteiger partial charge in [-0.3, -0.25) is 4.79 Å². The van der Waals surface area contributed by atoms with Gasteiger partial charge in [0.25, 0.3) is 0 Å². The largest absolute Gasteiger partial charge is 0.326 e. The lowest BCUT2D eigenvalue weighted by Crippen LogP contribution is -2.34. The second-order valence-corrected chi connectivity index (χ2v) is 7.04. The van der Waals surface area contributed by atoms with Crippen LogP contribution in [0.25, 0.3) is 0 Å². The molecule has 1 aliphatic rings. The van der Waals surface area contributed by atoms with Gasteiger partial charge in [-0.05, 0) is 91.0 Å². The summed E-state index contributed by atoms with van der Waals surface area (Å²) in [7, 11) is 0. The summed E-state index contributed by atoms with van der Waals surface area (Å²) < 4.78 is 1.19. The molecule has 0 bridgehead atoms. The van der Waals surface area contributed by atoms with Crippen LogP contribution in [0.1, 0.15) is 31.7 Å². The van der Waals surface area contributed by atoms with Gasteiger partial charge in [-0.15, -0.1) is 0 Å². The minimum Gasteiger partial charge on any atom is -0.326 e. The summed E-state index contributed by atoms with van der Waals surface area (Å²) in [4.78, 5) is 12.2. The van der Waals surface area contributed by atoms with Gasteiger partial charge >= 0.3 is 0 Å². The van der Waals surface area contributed by atoms with Gasteiger partial charge < -0.3 is 10.6 Å². The van der Waals surface area contributed by atoms with E-state index in [1.165, 1.54) is 16.4 Å². The fourth-order valence-corrected chi connectivity index (χ4v) is 3.44. The number of amides is 1. The summed E-state index contributed by atoms with van der Waals surface area (Å²) in [5.41, 5.74) is 2.06. The van der Waals surface area contributed by atoms with Gasteiger partial charge in [0.15, 0.2) is 0 Å². The van der Waals surface area contributed by atoms with Gasteiger partial charge in [-0.25, -0.2) is 0 Å². The minimum atomic E-state index is 0.132. The molecule has 1 fully saturated rings. The monoisotopic (exact) mass is 386 g/mol. The van der Waals surface area contributed by atoms with Crippen LogP contribution in [0.3, 0.4) is 0 Å². The Morgan fingerprint density at radius 3 is 3.00 bits per heavy atom. The third-order valence-corrected chi connectivity index (χ3v) is 4.78. The Morgan fingerprint density at radius 2 is 2.35 bits per heavy atom. The number of carbonyl (C=O) groups is 1. The molecule has 4 heteroatoms. The van der Waals surface area contributed by atoms with Crippen LogP contribution in [0.15, 0.2) is 18.2 Å². The Labute approximate surface area is 135 Å². The molecule has 1 aromatic rings. The highest BCUT2D eigenvalue weighted by Crippen LogP contribution is 2.24. The number of rotatable bonds is 4. The van der Waals surface area contributed by atoms with Gasteiger partial charge in [-0.2, -0.15) is 0 Å². The standard InChI is InChI=1S/C16H23IN2O/c1-11(13-4-3-7-18-10-13)9-16(20)19-15-6-5-14(17)8-12(15)2/h5-6,8,11,13,18H,3-4,7,9-10H2,1-2H3,(H,19,20). The van der Waals surface area contributed by atoms with Crippen molar-refractivity contribution in [1.29, 1.82) is 0 Å². The van der Waals surface area contributed by atoms with Crippen molar-refractivity contribution in [2.45, 2.75) is 33.1 Å². The van der Waals surface area contributed by atoms with E-state index in [0.717, 1.165) is 24.3 Å². The van der Waals surface area contributed by atoms with Crippen LogP contribution in [0, 0.1) is 22.3 Å². The van der Waals surface area contributed by atoms with E-state index in [2.05, 4.69) is 46.2 Å². The second-order valence-electron chi connectivity index (χ2n) is 5.80. The zero-order valence-corrected chi connectivity index (χ0v) is 14.4. The predicted octanol–water partition coefficient (Wildman–Crippen LogP) is 3.56. The Balaban J connectivity index is 1.88. The highest BCUT2D eigenvalue weighted by Gasteiger charge is 2.22. The number of benzene rings is 1. The number of hydrogen-bond acceptors (Lipinski definition) is 2. The first-order valence-corrected chi connectivity index (χ1v) is 8.41. The summed E-state index contributed by atoms with van der Waals surface area (Å²) in [5, 5.41) is 6.47. The summed E-state index contributed by atoms with van der Waals surface area (Å²) in [5.74, 6) is 1.20. The normalized spacial score (nSPS) is 20.4. The topological polar surface area (TPSA) is 41.1 Å². The van der Waals surface area contributed by atoms with Crippen molar-refractivity contribution in [3.05, 3.63) is 27.3 Å². The van der Waals surface area contributed by atoms with Crippen LogP contribution in [0.5, 0.6) is 0 Å². The van der Waals surface area contributed by atoms with Crippen molar-refractivity contribution in [2.75, 3.05) is 18.4 Å². The molecule has 3 nitrogen and oxygen atoms in total. The van der Waals surface area contributed by atoms with Gasteiger partial charge in [0.2, 0.25) is 5.91 Å². The molecule has 110 valence electrons. The van der Waals surface area contributed by atoms with Gasteiger partial charge in [0.05, 0.1) is 0 Å². The van der Waals surface area contributed by atoms with Crippen molar-refractivity contribution in [3.8, 4) is 0 Å². The van der Waals surface area contributed by atoms with Crippen LogP contribution in [-0.2, 0) is 4.79 Å². The van der Waals surface area contributed by atoms with E-state index in [-0.39, 0.29) is 5.91 Å². The maximum absolute atomic E-state index is 12.2. The van der Waals surface area contributed by atoms with E-state index in [1.54, 1.807) is 0 Å². The first kappa shape index (κ1) is 15.8. The Hall–Kier alpha value is -0.620. The Bertz CT molecular complexity index is 470. The number of halogens is 1. The number of piperidine rings is 1. The van der Waals surface area contributed by atoms with Crippen molar-refractivity contribution >= 4 is 34.2 Å². The van der Waals surface area contributed by atoms with E-state index in [0.29, 0.717) is 18.3 Å². The third-order valence-electron chi connectivity index (χ3n) is 4.11. The minimum absolute atomic E-state index is 0.132. The molecule has 2 rings (SSSR count). The molecular formula is C16H23IN2O. The molecule has 1 amide bonds. The zero-order valence-electron chi connectivity index (χ0n) is 12.2. The quantitative estimate of drug-likeness (QED) is 0.777. The zero-order chi connectivity index (χ0) is 14.5. The van der Waals surface area contributed by atoms with E-state index in [9.17, 15) is 4.79 Å². The van der Waals surface area contributed by atoms with Gasteiger partial charge in [0.1, 0.15) is 0 Å². The molecule has 2 unspecified atom stereocenters. The molecule has 2 N–H and O–H groups in total. The van der Waals surface area contributed by atoms with E-state index < -0.39 is 0 Å². The van der Waals surface area contributed by atoms with Crippen LogP contribution < -0.4 is 10.6 Å². The van der Waals surface area contributed by atoms with Crippen LogP contribution in [-0.4, -0.2) is 19.0 Å². The molecular weight excluding hydrogens is 363 g/mol. The number of nitrogens with one attached hydrogen (secondary N) is 2. The maximum atomic E-state index is 12.2. The van der Waals surface area contributed by atoms with Crippen LogP contribution in [0.2, 0.25) is 0 Å². The molecule has 0 spiro atoms. The summed E-state index contributed by atoms with van der Waals surface area (Å²) in [6, 6.07) is 6.10. The highest BCUT2D eigenvalue weighted by molar-refractivity contribution is 14.1. The predicted molar refractivity (Wildman–Crippen MR) is 91.9 cm³/mol. The molecule has 0 aliphatic carbocycles. The molecule has 0 aromatic heterocycles. The molecule has 1 heterocycles. The lowest BCUT2D eigenvalue weighted by Gasteiger charge is -2.28. The molecule has 0 saturated carbocycles. The lowest BCUT2D eigenvalue weighted by atomic mass is 9.85. The molecule has 1 aliphatic heterocycles. The smallest absolute Gasteiger partial charge is 0.224 e. The highest BCUT2D eigenvalue weighted by atomic mass is 127. The molecule has 1 saturated heterocycles. The average Bonchev–Trinajstić information content (AvgIpc) is 2.43. The van der Waals surface area contributed by atoms with Crippen LogP contribution in [0.4, 0.5) is 5.69 Å². The fraction of sp³-hybridized carbons (Fsp3) is 0.562. The van der Waals surface area contributed by atoms with Crippen molar-refractivity contribution in [3.63, 3.8) is 0 Å².